The number of anilines is 1. The standard InChI is InChI=1S/C19H18BrNO3/c1-11-8-12(2)16(10-15(11)17(22)23)21-18(24)19(6-7-19)13-4-3-5-14(20)9-13/h3-5,8-10H,6-7H2,1-2H3,(H,21,24)(H,22,23). The first kappa shape index (κ1) is 16.7. The molecule has 0 aliphatic heterocycles. The molecule has 0 heterocycles. The van der Waals surface area contributed by atoms with Crippen LogP contribution in [-0.4, -0.2) is 17.0 Å². The maximum Gasteiger partial charge on any atom is 0.336 e. The van der Waals surface area contributed by atoms with E-state index in [1.54, 1.807) is 19.1 Å². The Bertz CT molecular complexity index is 841. The number of carbonyl (C=O) groups is 2. The number of amides is 1. The molecule has 5 heteroatoms. The molecule has 124 valence electrons. The molecule has 2 aromatic carbocycles. The highest BCUT2D eigenvalue weighted by molar-refractivity contribution is 9.10. The van der Waals surface area contributed by atoms with Crippen molar-refractivity contribution in [2.75, 3.05) is 5.32 Å². The van der Waals surface area contributed by atoms with Crippen molar-refractivity contribution in [1.29, 1.82) is 0 Å². The van der Waals surface area contributed by atoms with Gasteiger partial charge in [-0.2, -0.15) is 0 Å². The summed E-state index contributed by atoms with van der Waals surface area (Å²) in [6, 6.07) is 11.1. The minimum absolute atomic E-state index is 0.0797. The largest absolute Gasteiger partial charge is 0.478 e. The van der Waals surface area contributed by atoms with Crippen molar-refractivity contribution in [2.45, 2.75) is 32.1 Å². The highest BCUT2D eigenvalue weighted by atomic mass is 79.9. The summed E-state index contributed by atoms with van der Waals surface area (Å²) in [5.74, 6) is -1.07. The van der Waals surface area contributed by atoms with Gasteiger partial charge in [0, 0.05) is 10.2 Å². The molecule has 24 heavy (non-hydrogen) atoms. The zero-order valence-electron chi connectivity index (χ0n) is 13.5. The van der Waals surface area contributed by atoms with Gasteiger partial charge in [-0.05, 0) is 61.6 Å². The Kier molecular flexibility index (Phi) is 4.22. The molecule has 3 rings (SSSR count). The average Bonchev–Trinajstić information content (AvgIpc) is 3.31. The fraction of sp³-hybridized carbons (Fsp3) is 0.263. The molecule has 2 N–H and O–H groups in total. The second-order valence-electron chi connectivity index (χ2n) is 6.33. The molecule has 4 nitrogen and oxygen atoms in total. The number of carbonyl (C=O) groups excluding carboxylic acids is 1. The first-order valence-electron chi connectivity index (χ1n) is 7.75. The smallest absolute Gasteiger partial charge is 0.336 e. The Morgan fingerprint density at radius 3 is 2.42 bits per heavy atom. The number of benzene rings is 2. The van der Waals surface area contributed by atoms with E-state index in [4.69, 9.17) is 0 Å². The highest BCUT2D eigenvalue weighted by Crippen LogP contribution is 2.49. The van der Waals surface area contributed by atoms with Crippen molar-refractivity contribution >= 4 is 33.5 Å². The van der Waals surface area contributed by atoms with Gasteiger partial charge in [-0.3, -0.25) is 4.79 Å². The van der Waals surface area contributed by atoms with Crippen LogP contribution in [0.15, 0.2) is 40.9 Å². The lowest BCUT2D eigenvalue weighted by molar-refractivity contribution is -0.118. The number of rotatable bonds is 4. The number of hydrogen-bond acceptors (Lipinski definition) is 2. The van der Waals surface area contributed by atoms with Crippen LogP contribution < -0.4 is 5.32 Å². The second-order valence-corrected chi connectivity index (χ2v) is 7.25. The maximum absolute atomic E-state index is 12.9. The minimum Gasteiger partial charge on any atom is -0.478 e. The van der Waals surface area contributed by atoms with E-state index >= 15 is 0 Å². The van der Waals surface area contributed by atoms with Crippen molar-refractivity contribution in [2.24, 2.45) is 0 Å². The topological polar surface area (TPSA) is 66.4 Å². The van der Waals surface area contributed by atoms with Crippen molar-refractivity contribution in [3.63, 3.8) is 0 Å². The van der Waals surface area contributed by atoms with Crippen LogP contribution in [0.3, 0.4) is 0 Å². The fourth-order valence-electron chi connectivity index (χ4n) is 3.02. The molecule has 0 aromatic heterocycles. The molecule has 0 radical (unpaired) electrons. The summed E-state index contributed by atoms with van der Waals surface area (Å²) >= 11 is 3.45. The molecule has 0 bridgehead atoms. The second kappa shape index (κ2) is 6.06. The van der Waals surface area contributed by atoms with Gasteiger partial charge in [0.05, 0.1) is 11.0 Å². The maximum atomic E-state index is 12.9. The van der Waals surface area contributed by atoms with Crippen molar-refractivity contribution < 1.29 is 14.7 Å². The van der Waals surface area contributed by atoms with Crippen LogP contribution >= 0.6 is 15.9 Å². The van der Waals surface area contributed by atoms with E-state index in [9.17, 15) is 14.7 Å². The van der Waals surface area contributed by atoms with Crippen LogP contribution in [0, 0.1) is 13.8 Å². The quantitative estimate of drug-likeness (QED) is 0.814. The first-order valence-corrected chi connectivity index (χ1v) is 8.55. The third-order valence-electron chi connectivity index (χ3n) is 4.61. The summed E-state index contributed by atoms with van der Waals surface area (Å²) in [6.07, 6.45) is 1.60. The molecule has 1 saturated carbocycles. The van der Waals surface area contributed by atoms with Crippen LogP contribution in [0.2, 0.25) is 0 Å². The SMILES string of the molecule is Cc1cc(C)c(C(=O)O)cc1NC(=O)C1(c2cccc(Br)c2)CC1. The lowest BCUT2D eigenvalue weighted by Gasteiger charge is -2.18. The molecule has 1 aliphatic rings. The molecule has 1 amide bonds. The van der Waals surface area contributed by atoms with Gasteiger partial charge in [0.2, 0.25) is 5.91 Å². The first-order chi connectivity index (χ1) is 11.3. The number of hydrogen-bond donors (Lipinski definition) is 2. The summed E-state index contributed by atoms with van der Waals surface area (Å²) in [6.45, 7) is 3.62. The van der Waals surface area contributed by atoms with Gasteiger partial charge in [-0.15, -0.1) is 0 Å². The van der Waals surface area contributed by atoms with E-state index < -0.39 is 11.4 Å². The van der Waals surface area contributed by atoms with Crippen molar-refractivity contribution in [1.82, 2.24) is 0 Å². The van der Waals surface area contributed by atoms with E-state index in [-0.39, 0.29) is 11.5 Å². The number of carboxylic acid groups (broad SMARTS) is 1. The monoisotopic (exact) mass is 387 g/mol. The van der Waals surface area contributed by atoms with Gasteiger partial charge >= 0.3 is 5.97 Å². The van der Waals surface area contributed by atoms with Gasteiger partial charge in [0.1, 0.15) is 0 Å². The Labute approximate surface area is 149 Å². The summed E-state index contributed by atoms with van der Waals surface area (Å²) in [7, 11) is 0. The molecule has 2 aromatic rings. The molecular formula is C19H18BrNO3. The van der Waals surface area contributed by atoms with Crippen molar-refractivity contribution in [3.05, 3.63) is 63.1 Å². The van der Waals surface area contributed by atoms with Crippen LogP contribution in [0.5, 0.6) is 0 Å². The Morgan fingerprint density at radius 2 is 1.83 bits per heavy atom. The Hall–Kier alpha value is -2.14. The van der Waals surface area contributed by atoms with Crippen molar-refractivity contribution in [3.8, 4) is 0 Å². The summed E-state index contributed by atoms with van der Waals surface area (Å²) in [5, 5.41) is 12.2. The molecule has 0 unspecified atom stereocenters. The van der Waals surface area contributed by atoms with Crippen LogP contribution in [0.1, 0.15) is 39.9 Å². The molecular weight excluding hydrogens is 370 g/mol. The minimum atomic E-state index is -0.990. The predicted molar refractivity (Wildman–Crippen MR) is 96.6 cm³/mol. The van der Waals surface area contributed by atoms with Crippen LogP contribution in [0.4, 0.5) is 5.69 Å². The third kappa shape index (κ3) is 2.96. The van der Waals surface area contributed by atoms with E-state index in [0.29, 0.717) is 11.3 Å². The highest BCUT2D eigenvalue weighted by Gasteiger charge is 2.51. The van der Waals surface area contributed by atoms with E-state index in [1.807, 2.05) is 31.2 Å². The molecule has 1 aliphatic carbocycles. The van der Waals surface area contributed by atoms with Gasteiger partial charge in [-0.25, -0.2) is 4.79 Å². The number of carboxylic acids is 1. The van der Waals surface area contributed by atoms with Crippen LogP contribution in [0.25, 0.3) is 0 Å². The number of nitrogens with one attached hydrogen (secondary N) is 1. The van der Waals surface area contributed by atoms with Gasteiger partial charge < -0.3 is 10.4 Å². The van der Waals surface area contributed by atoms with E-state index in [1.165, 1.54) is 0 Å². The summed E-state index contributed by atoms with van der Waals surface area (Å²) in [5.41, 5.74) is 2.79. The number of aromatic carboxylic acids is 1. The fourth-order valence-corrected chi connectivity index (χ4v) is 3.42. The molecule has 0 spiro atoms. The Morgan fingerprint density at radius 1 is 1.12 bits per heavy atom. The summed E-state index contributed by atoms with van der Waals surface area (Å²) in [4.78, 5) is 24.2. The molecule has 1 fully saturated rings. The molecule has 0 atom stereocenters. The predicted octanol–water partition coefficient (Wildman–Crippen LogP) is 4.43. The third-order valence-corrected chi connectivity index (χ3v) is 5.11. The normalized spacial score (nSPS) is 15.0. The lowest BCUT2D eigenvalue weighted by Crippen LogP contribution is -2.28. The zero-order chi connectivity index (χ0) is 17.5. The van der Waals surface area contributed by atoms with Crippen LogP contribution in [-0.2, 0) is 10.2 Å². The molecule has 0 saturated heterocycles. The van der Waals surface area contributed by atoms with Gasteiger partial charge in [0.25, 0.3) is 0 Å². The zero-order valence-corrected chi connectivity index (χ0v) is 15.1. The van der Waals surface area contributed by atoms with E-state index in [2.05, 4.69) is 21.2 Å². The number of aryl methyl sites for hydroxylation is 2. The van der Waals surface area contributed by atoms with E-state index in [0.717, 1.165) is 28.4 Å². The Balaban J connectivity index is 1.90. The summed E-state index contributed by atoms with van der Waals surface area (Å²) < 4.78 is 0.943. The average molecular weight is 388 g/mol. The number of halogens is 1. The lowest BCUT2D eigenvalue weighted by atomic mass is 9.94. The van der Waals surface area contributed by atoms with Gasteiger partial charge in [0.15, 0.2) is 0 Å². The van der Waals surface area contributed by atoms with Gasteiger partial charge in [-0.1, -0.05) is 34.1 Å².